The van der Waals surface area contributed by atoms with Crippen molar-refractivity contribution >= 4 is 23.6 Å². The van der Waals surface area contributed by atoms with Crippen molar-refractivity contribution < 1.29 is 22.7 Å². The van der Waals surface area contributed by atoms with Gasteiger partial charge in [0.15, 0.2) is 0 Å². The normalized spacial score (nSPS) is 16.0. The van der Waals surface area contributed by atoms with Crippen molar-refractivity contribution in [2.24, 2.45) is 5.84 Å². The van der Waals surface area contributed by atoms with Crippen LogP contribution in [0.2, 0.25) is 5.15 Å². The van der Waals surface area contributed by atoms with E-state index in [0.717, 1.165) is 43.5 Å². The molecule has 0 bridgehead atoms. The Morgan fingerprint density at radius 2 is 1.86 bits per heavy atom. The molecule has 1 saturated carbocycles. The van der Waals surface area contributed by atoms with Crippen LogP contribution in [0.5, 0.6) is 11.6 Å². The van der Waals surface area contributed by atoms with Gasteiger partial charge in [0.25, 0.3) is 5.91 Å². The molecule has 0 radical (unpaired) electrons. The Labute approximate surface area is 205 Å². The second-order valence-corrected chi connectivity index (χ2v) is 8.56. The predicted molar refractivity (Wildman–Crippen MR) is 126 cm³/mol. The molecule has 0 saturated heterocycles. The van der Waals surface area contributed by atoms with Gasteiger partial charge in [0, 0.05) is 24.5 Å². The lowest BCUT2D eigenvalue weighted by atomic mass is 9.89. The van der Waals surface area contributed by atoms with E-state index in [1.165, 1.54) is 22.8 Å². The number of nitrogens with zero attached hydrogens (tertiary/aromatic N) is 3. The first-order valence-corrected chi connectivity index (χ1v) is 11.3. The molecule has 1 aromatic carbocycles. The van der Waals surface area contributed by atoms with Crippen molar-refractivity contribution in [3.05, 3.63) is 88.3 Å². The van der Waals surface area contributed by atoms with Crippen LogP contribution in [0, 0.1) is 0 Å². The summed E-state index contributed by atoms with van der Waals surface area (Å²) in [6.45, 7) is 0. The average Bonchev–Trinajstić information content (AvgIpc) is 2.84. The van der Waals surface area contributed by atoms with Gasteiger partial charge < -0.3 is 4.74 Å². The standard InChI is InChI=1S/C25H22ClF3N4O2/c26-22-10-6-18(14-31-22)24(34)33(30)20-8-4-16(5-9-20)12-17-2-1-3-21(13-17)35-23-11-7-19(15-32-23)25(27,28)29/h1-3,6-7,10-15,20H,4-5,8-9,30H2. The van der Waals surface area contributed by atoms with E-state index in [0.29, 0.717) is 16.5 Å². The van der Waals surface area contributed by atoms with E-state index in [4.69, 9.17) is 22.2 Å². The number of halogens is 4. The highest BCUT2D eigenvalue weighted by atomic mass is 35.5. The van der Waals surface area contributed by atoms with Gasteiger partial charge in [-0.2, -0.15) is 13.2 Å². The van der Waals surface area contributed by atoms with E-state index < -0.39 is 11.7 Å². The van der Waals surface area contributed by atoms with Crippen LogP contribution < -0.4 is 10.6 Å². The Bertz CT molecular complexity index is 1200. The monoisotopic (exact) mass is 502 g/mol. The number of nitrogens with two attached hydrogens (primary N) is 1. The number of hydrogen-bond acceptors (Lipinski definition) is 5. The Hall–Kier alpha value is -3.43. The third kappa shape index (κ3) is 6.37. The molecule has 2 heterocycles. The van der Waals surface area contributed by atoms with Gasteiger partial charge in [0.05, 0.1) is 11.1 Å². The summed E-state index contributed by atoms with van der Waals surface area (Å²) in [5, 5.41) is 1.58. The lowest BCUT2D eigenvalue weighted by Crippen LogP contribution is -2.46. The minimum absolute atomic E-state index is 0.0758. The fraction of sp³-hybridized carbons (Fsp3) is 0.240. The zero-order chi connectivity index (χ0) is 25.0. The first-order chi connectivity index (χ1) is 16.7. The maximum atomic E-state index is 12.7. The number of hydrogen-bond donors (Lipinski definition) is 1. The smallest absolute Gasteiger partial charge is 0.417 e. The van der Waals surface area contributed by atoms with Crippen molar-refractivity contribution in [3.8, 4) is 11.6 Å². The first-order valence-electron chi connectivity index (χ1n) is 10.9. The molecule has 4 rings (SSSR count). The molecule has 182 valence electrons. The summed E-state index contributed by atoms with van der Waals surface area (Å²) in [5.41, 5.74) is 1.66. The molecule has 6 nitrogen and oxygen atoms in total. The second kappa shape index (κ2) is 10.5. The third-order valence-corrected chi connectivity index (χ3v) is 5.94. The van der Waals surface area contributed by atoms with Crippen molar-refractivity contribution in [2.45, 2.75) is 37.9 Å². The minimum Gasteiger partial charge on any atom is -0.439 e. The summed E-state index contributed by atoms with van der Waals surface area (Å²) < 4.78 is 43.7. The molecule has 1 aliphatic carbocycles. The van der Waals surface area contributed by atoms with E-state index in [1.807, 2.05) is 6.07 Å². The van der Waals surface area contributed by atoms with E-state index in [2.05, 4.69) is 16.0 Å². The molecule has 0 aliphatic heterocycles. The molecule has 0 unspecified atom stereocenters. The quantitative estimate of drug-likeness (QED) is 0.192. The number of allylic oxidation sites excluding steroid dienone is 1. The number of ether oxygens (including phenoxy) is 1. The van der Waals surface area contributed by atoms with Crippen LogP contribution >= 0.6 is 11.6 Å². The zero-order valence-electron chi connectivity index (χ0n) is 18.5. The Morgan fingerprint density at radius 3 is 2.49 bits per heavy atom. The van der Waals surface area contributed by atoms with Gasteiger partial charge in [0.2, 0.25) is 5.88 Å². The van der Waals surface area contributed by atoms with Gasteiger partial charge in [-0.15, -0.1) is 0 Å². The van der Waals surface area contributed by atoms with Gasteiger partial charge in [-0.3, -0.25) is 9.80 Å². The largest absolute Gasteiger partial charge is 0.439 e. The molecule has 1 fully saturated rings. The van der Waals surface area contributed by atoms with Gasteiger partial charge in [-0.1, -0.05) is 35.4 Å². The van der Waals surface area contributed by atoms with E-state index >= 15 is 0 Å². The highest BCUT2D eigenvalue weighted by molar-refractivity contribution is 6.29. The number of hydrazine groups is 1. The first kappa shape index (κ1) is 24.7. The summed E-state index contributed by atoms with van der Waals surface area (Å²) in [5.74, 6) is 6.35. The number of amides is 1. The number of carbonyl (C=O) groups excluding carboxylic acids is 1. The number of carbonyl (C=O) groups is 1. The summed E-state index contributed by atoms with van der Waals surface area (Å²) >= 11 is 5.78. The summed E-state index contributed by atoms with van der Waals surface area (Å²) in [6, 6.07) is 12.4. The van der Waals surface area contributed by atoms with E-state index in [1.54, 1.807) is 30.3 Å². The summed E-state index contributed by atoms with van der Waals surface area (Å²) in [4.78, 5) is 20.3. The highest BCUT2D eigenvalue weighted by Crippen LogP contribution is 2.31. The topological polar surface area (TPSA) is 81.3 Å². The average molecular weight is 503 g/mol. The third-order valence-electron chi connectivity index (χ3n) is 5.71. The molecule has 1 aliphatic rings. The lowest BCUT2D eigenvalue weighted by molar-refractivity contribution is -0.137. The van der Waals surface area contributed by atoms with Crippen molar-refractivity contribution in [3.63, 3.8) is 0 Å². The second-order valence-electron chi connectivity index (χ2n) is 8.17. The van der Waals surface area contributed by atoms with Crippen LogP contribution in [0.25, 0.3) is 6.08 Å². The van der Waals surface area contributed by atoms with E-state index in [-0.39, 0.29) is 17.8 Å². The molecular formula is C25H22ClF3N4O2. The zero-order valence-corrected chi connectivity index (χ0v) is 19.3. The van der Waals surface area contributed by atoms with Crippen LogP contribution in [0.3, 0.4) is 0 Å². The Morgan fingerprint density at radius 1 is 1.09 bits per heavy atom. The molecular weight excluding hydrogens is 481 g/mol. The molecule has 2 N–H and O–H groups in total. The number of alkyl halides is 3. The molecule has 3 aromatic rings. The van der Waals surface area contributed by atoms with Gasteiger partial charge >= 0.3 is 6.18 Å². The molecule has 35 heavy (non-hydrogen) atoms. The van der Waals surface area contributed by atoms with Crippen molar-refractivity contribution in [1.82, 2.24) is 15.0 Å². The van der Waals surface area contributed by atoms with E-state index in [9.17, 15) is 18.0 Å². The van der Waals surface area contributed by atoms with Crippen LogP contribution in [-0.4, -0.2) is 26.9 Å². The van der Waals surface area contributed by atoms with Gasteiger partial charge in [0.1, 0.15) is 10.9 Å². The molecule has 10 heteroatoms. The number of benzene rings is 1. The maximum absolute atomic E-state index is 12.7. The van der Waals surface area contributed by atoms with Crippen molar-refractivity contribution in [1.29, 1.82) is 0 Å². The number of aromatic nitrogens is 2. The van der Waals surface area contributed by atoms with Crippen LogP contribution in [0.15, 0.2) is 66.5 Å². The minimum atomic E-state index is -4.45. The SMILES string of the molecule is NN(C(=O)c1ccc(Cl)nc1)C1CCC(=Cc2cccc(Oc3ccc(C(F)(F)F)cn3)c2)CC1. The van der Waals surface area contributed by atoms with Crippen LogP contribution in [0.4, 0.5) is 13.2 Å². The Kier molecular flexibility index (Phi) is 7.37. The fourth-order valence-corrected chi connectivity index (χ4v) is 3.96. The fourth-order valence-electron chi connectivity index (χ4n) is 3.85. The lowest BCUT2D eigenvalue weighted by Gasteiger charge is -2.31. The number of pyridine rings is 2. The van der Waals surface area contributed by atoms with Gasteiger partial charge in [-0.25, -0.2) is 15.8 Å². The molecule has 2 aromatic heterocycles. The highest BCUT2D eigenvalue weighted by Gasteiger charge is 2.30. The van der Waals surface area contributed by atoms with Crippen LogP contribution in [-0.2, 0) is 6.18 Å². The molecule has 1 amide bonds. The van der Waals surface area contributed by atoms with Crippen molar-refractivity contribution in [2.75, 3.05) is 0 Å². The molecule has 0 spiro atoms. The summed E-state index contributed by atoms with van der Waals surface area (Å²) in [7, 11) is 0. The predicted octanol–water partition coefficient (Wildman–Crippen LogP) is 6.28. The van der Waals surface area contributed by atoms with Gasteiger partial charge in [-0.05, 0) is 61.6 Å². The Balaban J connectivity index is 1.36. The van der Waals surface area contributed by atoms with Crippen LogP contribution in [0.1, 0.15) is 47.2 Å². The maximum Gasteiger partial charge on any atom is 0.417 e. The summed E-state index contributed by atoms with van der Waals surface area (Å²) in [6.07, 6.45) is 2.75. The molecule has 0 atom stereocenters. The number of rotatable bonds is 5.